The summed E-state index contributed by atoms with van der Waals surface area (Å²) in [5.41, 5.74) is 0.976. The molecule has 5 rings (SSSR count). The Morgan fingerprint density at radius 1 is 1.00 bits per heavy atom. The number of ether oxygens (including phenoxy) is 1. The van der Waals surface area contributed by atoms with Crippen LogP contribution in [0.3, 0.4) is 0 Å². The van der Waals surface area contributed by atoms with Crippen molar-refractivity contribution in [2.75, 3.05) is 26.2 Å². The zero-order valence-electron chi connectivity index (χ0n) is 38.6. The van der Waals surface area contributed by atoms with Gasteiger partial charge in [0.15, 0.2) is 11.6 Å². The number of rotatable bonds is 17. The number of Topliss-reactive ketones (excluding diaryl/α,β-unsaturated/α-hetero) is 3. The SMILES string of the molecule is C#CCCC(CC(=O)[C@@H]1C[C@@H](OC(=O)N2CCc3ccccc3C2)CN1C(=O)[C@@H](NC(=O)N[C@H](CN1CCC(C)(C)CC1=O)C(C)(C)C)C1(C)CCCCC1)C(=O)C(=O)CCC=C. The molecule has 1 aromatic rings. The third-order valence-corrected chi connectivity index (χ3v) is 13.9. The number of hydrogen-bond donors (Lipinski definition) is 2. The molecule has 1 unspecified atom stereocenters. The van der Waals surface area contributed by atoms with Gasteiger partial charge in [0.1, 0.15) is 12.1 Å². The predicted octanol–water partition coefficient (Wildman–Crippen LogP) is 6.95. The van der Waals surface area contributed by atoms with Gasteiger partial charge in [-0.25, -0.2) is 9.59 Å². The average molecular weight is 870 g/mol. The molecule has 2 saturated heterocycles. The third-order valence-electron chi connectivity index (χ3n) is 13.9. The number of urea groups is 1. The van der Waals surface area contributed by atoms with Crippen LogP contribution in [0.5, 0.6) is 0 Å². The standard InChI is InChI=1S/C50H71N5O8/c1-9-11-18-35(43(59)39(56)21-12-10-2)28-40(57)38-29-37(63-47(62)54-26-22-34-19-14-15-20-36(34)31-54)32-55(38)45(60)44(50(8)23-16-13-17-24-50)52-46(61)51-41(48(3,4)5)33-53-27-25-49(6,7)30-42(53)58/h1,10,14-15,19-20,35,37-38,41,44H,2,11-13,16-18,21-33H2,3-8H3,(H2,51,52,61)/t35?,37-,38+,41-,44-/m1/s1. The molecule has 344 valence electrons. The number of ketones is 3. The molecule has 3 heterocycles. The lowest BCUT2D eigenvalue weighted by atomic mass is 9.70. The van der Waals surface area contributed by atoms with Crippen LogP contribution in [0, 0.1) is 34.5 Å². The summed E-state index contributed by atoms with van der Waals surface area (Å²) in [6.07, 6.45) is 11.9. The second kappa shape index (κ2) is 21.1. The van der Waals surface area contributed by atoms with E-state index in [1.807, 2.05) is 56.9 Å². The highest BCUT2D eigenvalue weighted by Gasteiger charge is 2.49. The predicted molar refractivity (Wildman–Crippen MR) is 241 cm³/mol. The molecule has 13 nitrogen and oxygen atoms in total. The summed E-state index contributed by atoms with van der Waals surface area (Å²) in [6.45, 7) is 17.4. The van der Waals surface area contributed by atoms with Gasteiger partial charge < -0.3 is 30.1 Å². The normalized spacial score (nSPS) is 22.1. The monoisotopic (exact) mass is 870 g/mol. The average Bonchev–Trinajstić information content (AvgIpc) is 3.66. The minimum absolute atomic E-state index is 0.0103. The van der Waals surface area contributed by atoms with Gasteiger partial charge in [0.25, 0.3) is 0 Å². The fourth-order valence-corrected chi connectivity index (χ4v) is 9.65. The van der Waals surface area contributed by atoms with Crippen molar-refractivity contribution < 1.29 is 38.3 Å². The molecule has 0 spiro atoms. The molecule has 1 aliphatic carbocycles. The first-order valence-electron chi connectivity index (χ1n) is 23.1. The topological polar surface area (TPSA) is 162 Å². The van der Waals surface area contributed by atoms with Crippen LogP contribution in [0.2, 0.25) is 0 Å². The molecule has 0 aromatic heterocycles. The number of allylic oxidation sites excluding steroid dienone is 1. The highest BCUT2D eigenvalue weighted by Crippen LogP contribution is 2.41. The number of carbonyl (C=O) groups excluding carboxylic acids is 7. The molecule has 1 saturated carbocycles. The van der Waals surface area contributed by atoms with Crippen molar-refractivity contribution in [3.63, 3.8) is 0 Å². The van der Waals surface area contributed by atoms with Crippen LogP contribution in [0.15, 0.2) is 36.9 Å². The number of terminal acetylenes is 1. The molecule has 63 heavy (non-hydrogen) atoms. The minimum atomic E-state index is -1.10. The Bertz CT molecular complexity index is 1920. The molecule has 0 radical (unpaired) electrons. The van der Waals surface area contributed by atoms with Gasteiger partial charge in [0, 0.05) is 64.2 Å². The fourth-order valence-electron chi connectivity index (χ4n) is 9.65. The Morgan fingerprint density at radius 3 is 2.35 bits per heavy atom. The largest absolute Gasteiger partial charge is 0.444 e. The van der Waals surface area contributed by atoms with E-state index in [0.717, 1.165) is 31.2 Å². The number of piperidine rings is 1. The number of nitrogens with zero attached hydrogens (tertiary/aromatic N) is 3. The molecule has 5 amide bonds. The summed E-state index contributed by atoms with van der Waals surface area (Å²) in [4.78, 5) is 102. The Morgan fingerprint density at radius 2 is 1.70 bits per heavy atom. The van der Waals surface area contributed by atoms with Gasteiger partial charge >= 0.3 is 12.1 Å². The van der Waals surface area contributed by atoms with E-state index in [4.69, 9.17) is 11.2 Å². The van der Waals surface area contributed by atoms with E-state index < -0.39 is 76.4 Å². The first-order chi connectivity index (χ1) is 29.7. The third kappa shape index (κ3) is 12.8. The van der Waals surface area contributed by atoms with E-state index in [2.05, 4.69) is 37.0 Å². The summed E-state index contributed by atoms with van der Waals surface area (Å²) < 4.78 is 6.09. The van der Waals surface area contributed by atoms with Crippen LogP contribution in [-0.2, 0) is 41.7 Å². The second-order valence-corrected chi connectivity index (χ2v) is 20.5. The van der Waals surface area contributed by atoms with Crippen molar-refractivity contribution in [3.05, 3.63) is 48.0 Å². The maximum Gasteiger partial charge on any atom is 0.410 e. The van der Waals surface area contributed by atoms with Crippen LogP contribution >= 0.6 is 0 Å². The lowest BCUT2D eigenvalue weighted by molar-refractivity contribution is -0.144. The second-order valence-electron chi connectivity index (χ2n) is 20.5. The Kier molecular flexibility index (Phi) is 16.4. The quantitative estimate of drug-likeness (QED) is 0.0967. The fraction of sp³-hybridized carbons (Fsp3) is 0.660. The molecule has 13 heteroatoms. The van der Waals surface area contributed by atoms with Gasteiger partial charge in [-0.15, -0.1) is 18.9 Å². The Labute approximate surface area is 374 Å². The summed E-state index contributed by atoms with van der Waals surface area (Å²) >= 11 is 0. The molecule has 1 aromatic carbocycles. The number of hydrogen-bond acceptors (Lipinski definition) is 8. The highest BCUT2D eigenvalue weighted by atomic mass is 16.6. The number of likely N-dealkylation sites (tertiary alicyclic amines) is 2. The van der Waals surface area contributed by atoms with Crippen molar-refractivity contribution in [1.82, 2.24) is 25.3 Å². The number of amides is 5. The van der Waals surface area contributed by atoms with Crippen LogP contribution in [-0.4, -0.2) is 106 Å². The van der Waals surface area contributed by atoms with Gasteiger partial charge in [-0.1, -0.05) is 91.1 Å². The van der Waals surface area contributed by atoms with Crippen molar-refractivity contribution in [2.24, 2.45) is 22.2 Å². The van der Waals surface area contributed by atoms with Gasteiger partial charge in [0.05, 0.1) is 18.6 Å². The Balaban J connectivity index is 1.42. The summed E-state index contributed by atoms with van der Waals surface area (Å²) in [5, 5.41) is 6.19. The number of benzene rings is 1. The van der Waals surface area contributed by atoms with E-state index in [-0.39, 0.29) is 50.0 Å². The van der Waals surface area contributed by atoms with E-state index in [1.165, 1.54) is 10.5 Å². The van der Waals surface area contributed by atoms with Crippen LogP contribution in [0.1, 0.15) is 136 Å². The summed E-state index contributed by atoms with van der Waals surface area (Å²) in [7, 11) is 0. The molecular formula is C50H71N5O8. The van der Waals surface area contributed by atoms with Gasteiger partial charge in [-0.05, 0) is 65.9 Å². The number of nitrogens with one attached hydrogen (secondary N) is 2. The van der Waals surface area contributed by atoms with Crippen LogP contribution in [0.4, 0.5) is 9.59 Å². The van der Waals surface area contributed by atoms with E-state index in [1.54, 1.807) is 11.0 Å². The molecule has 3 aliphatic heterocycles. The first-order valence-corrected chi connectivity index (χ1v) is 23.1. The maximum atomic E-state index is 15.3. The van der Waals surface area contributed by atoms with E-state index in [0.29, 0.717) is 58.3 Å². The highest BCUT2D eigenvalue weighted by molar-refractivity contribution is 6.38. The van der Waals surface area contributed by atoms with E-state index in [9.17, 15) is 28.8 Å². The molecule has 3 fully saturated rings. The van der Waals surface area contributed by atoms with Gasteiger partial charge in [-0.2, -0.15) is 0 Å². The lowest BCUT2D eigenvalue weighted by Crippen LogP contribution is -2.62. The van der Waals surface area contributed by atoms with Crippen LogP contribution in [0.25, 0.3) is 0 Å². The van der Waals surface area contributed by atoms with E-state index >= 15 is 4.79 Å². The number of fused-ring (bicyclic) bond motifs is 1. The molecular weight excluding hydrogens is 799 g/mol. The molecule has 0 bridgehead atoms. The zero-order valence-corrected chi connectivity index (χ0v) is 38.6. The first kappa shape index (κ1) is 49.0. The zero-order chi connectivity index (χ0) is 46.1. The number of carbonyl (C=O) groups is 7. The molecule has 4 aliphatic rings. The Hall–Kier alpha value is -4.99. The van der Waals surface area contributed by atoms with Gasteiger partial charge in [0.2, 0.25) is 17.6 Å². The van der Waals surface area contributed by atoms with Crippen molar-refractivity contribution in [3.8, 4) is 12.3 Å². The molecule has 2 N–H and O–H groups in total. The van der Waals surface area contributed by atoms with Gasteiger partial charge in [-0.3, -0.25) is 24.0 Å². The van der Waals surface area contributed by atoms with Crippen molar-refractivity contribution in [1.29, 1.82) is 0 Å². The summed E-state index contributed by atoms with van der Waals surface area (Å²) in [6, 6.07) is 4.75. The lowest BCUT2D eigenvalue weighted by Gasteiger charge is -2.43. The summed E-state index contributed by atoms with van der Waals surface area (Å²) in [5.74, 6) is -0.647. The molecule has 5 atom stereocenters. The maximum absolute atomic E-state index is 15.3. The van der Waals surface area contributed by atoms with Crippen molar-refractivity contribution >= 4 is 41.3 Å². The smallest absolute Gasteiger partial charge is 0.410 e. The van der Waals surface area contributed by atoms with Crippen LogP contribution < -0.4 is 10.6 Å². The minimum Gasteiger partial charge on any atom is -0.444 e. The van der Waals surface area contributed by atoms with Crippen molar-refractivity contribution in [2.45, 2.75) is 162 Å².